The number of carbonyl (C=O) groups excluding carboxylic acids is 1. The molecule has 62 valence electrons. The fourth-order valence-electron chi connectivity index (χ4n) is 1.08. The maximum absolute atomic E-state index is 10.9. The van der Waals surface area contributed by atoms with Crippen molar-refractivity contribution in [3.05, 3.63) is 15.8 Å². The van der Waals surface area contributed by atoms with E-state index in [0.717, 1.165) is 10.6 Å². The summed E-state index contributed by atoms with van der Waals surface area (Å²) in [4.78, 5) is 15.9. The molecule has 1 amide bonds. The summed E-state index contributed by atoms with van der Waals surface area (Å²) in [7, 11) is 0. The smallest absolute Gasteiger partial charge is 0.251 e. The van der Waals surface area contributed by atoms with Gasteiger partial charge in [-0.25, -0.2) is 0 Å². The number of nitrogens with two attached hydrogens (primary N) is 1. The van der Waals surface area contributed by atoms with Gasteiger partial charge in [-0.2, -0.15) is 0 Å². The molecule has 3 N–H and O–H groups in total. The van der Waals surface area contributed by atoms with Gasteiger partial charge in [0.25, 0.3) is 5.91 Å². The first-order chi connectivity index (χ1) is 5.79. The quantitative estimate of drug-likeness (QED) is 0.668. The van der Waals surface area contributed by atoms with Gasteiger partial charge in [-0.15, -0.1) is 11.3 Å². The molecule has 0 saturated heterocycles. The molecule has 5 heteroatoms. The average Bonchev–Trinajstić information content (AvgIpc) is 2.47. The average molecular weight is 181 g/mol. The minimum Gasteiger partial charge on any atom is -0.366 e. The molecule has 0 bridgehead atoms. The third-order valence-corrected chi connectivity index (χ3v) is 2.56. The van der Waals surface area contributed by atoms with Gasteiger partial charge in [-0.05, 0) is 0 Å². The standard InChI is InChI=1S/C7H7N3OS/c8-7(11)4-2-12-5-1-9-3-10-6(4)5/h1-2,10H,3H2,(H2,8,11). The second kappa shape index (κ2) is 2.60. The van der Waals surface area contributed by atoms with E-state index in [1.54, 1.807) is 11.6 Å². The molecule has 1 aliphatic rings. The number of thiophene rings is 1. The Morgan fingerprint density at radius 1 is 1.75 bits per heavy atom. The van der Waals surface area contributed by atoms with Gasteiger partial charge in [-0.3, -0.25) is 9.79 Å². The first-order valence-electron chi connectivity index (χ1n) is 3.44. The number of nitrogens with zero attached hydrogens (tertiary/aromatic N) is 1. The maximum atomic E-state index is 10.9. The maximum Gasteiger partial charge on any atom is 0.251 e. The predicted octanol–water partition coefficient (Wildman–Crippen LogP) is 0.649. The molecule has 1 aromatic heterocycles. The number of amides is 1. The minimum atomic E-state index is -0.393. The molecule has 0 unspecified atom stereocenters. The molecule has 0 spiro atoms. The molecule has 2 rings (SSSR count). The van der Waals surface area contributed by atoms with Crippen molar-refractivity contribution in [1.82, 2.24) is 0 Å². The first-order valence-corrected chi connectivity index (χ1v) is 4.32. The van der Waals surface area contributed by atoms with Crippen LogP contribution < -0.4 is 11.1 Å². The number of nitrogens with one attached hydrogen (secondary N) is 1. The summed E-state index contributed by atoms with van der Waals surface area (Å²) < 4.78 is 0. The van der Waals surface area contributed by atoms with Crippen LogP contribution in [0.15, 0.2) is 10.4 Å². The molecule has 4 nitrogen and oxygen atoms in total. The molecule has 1 aliphatic heterocycles. The summed E-state index contributed by atoms with van der Waals surface area (Å²) >= 11 is 1.47. The lowest BCUT2D eigenvalue weighted by atomic mass is 10.2. The van der Waals surface area contributed by atoms with E-state index in [2.05, 4.69) is 10.3 Å². The third kappa shape index (κ3) is 0.984. The normalized spacial score (nSPS) is 13.7. The van der Waals surface area contributed by atoms with Crippen LogP contribution in [0.1, 0.15) is 15.2 Å². The van der Waals surface area contributed by atoms with Gasteiger partial charge in [0.1, 0.15) is 6.67 Å². The van der Waals surface area contributed by atoms with E-state index < -0.39 is 5.91 Å². The summed E-state index contributed by atoms with van der Waals surface area (Å²) in [6.45, 7) is 0.518. The van der Waals surface area contributed by atoms with E-state index in [4.69, 9.17) is 5.73 Å². The largest absolute Gasteiger partial charge is 0.366 e. The SMILES string of the molecule is NC(=O)c1csc2c1NCN=C2. The number of carbonyl (C=O) groups is 1. The fourth-order valence-corrected chi connectivity index (χ4v) is 2.00. The molecular formula is C7H7N3OS. The molecule has 0 fully saturated rings. The lowest BCUT2D eigenvalue weighted by Gasteiger charge is -2.08. The highest BCUT2D eigenvalue weighted by Gasteiger charge is 2.15. The molecule has 0 radical (unpaired) electrons. The van der Waals surface area contributed by atoms with Crippen molar-refractivity contribution in [3.8, 4) is 0 Å². The van der Waals surface area contributed by atoms with Crippen LogP contribution in [0.2, 0.25) is 0 Å². The predicted molar refractivity (Wildman–Crippen MR) is 48.9 cm³/mol. The Morgan fingerprint density at radius 3 is 3.33 bits per heavy atom. The fraction of sp³-hybridized carbons (Fsp3) is 0.143. The highest BCUT2D eigenvalue weighted by atomic mass is 32.1. The van der Waals surface area contributed by atoms with Gasteiger partial charge in [0.05, 0.1) is 16.1 Å². The zero-order valence-corrected chi connectivity index (χ0v) is 7.02. The van der Waals surface area contributed by atoms with Crippen molar-refractivity contribution in [1.29, 1.82) is 0 Å². The van der Waals surface area contributed by atoms with Crippen molar-refractivity contribution in [3.63, 3.8) is 0 Å². The van der Waals surface area contributed by atoms with E-state index in [-0.39, 0.29) is 0 Å². The van der Waals surface area contributed by atoms with Crippen molar-refractivity contribution in [2.75, 3.05) is 12.0 Å². The van der Waals surface area contributed by atoms with Crippen LogP contribution in [0.25, 0.3) is 0 Å². The van der Waals surface area contributed by atoms with Gasteiger partial charge >= 0.3 is 0 Å². The van der Waals surface area contributed by atoms with Crippen LogP contribution in [0.4, 0.5) is 5.69 Å². The number of primary amides is 1. The molecule has 0 saturated carbocycles. The molecule has 12 heavy (non-hydrogen) atoms. The topological polar surface area (TPSA) is 67.5 Å². The molecule has 0 aliphatic carbocycles. The van der Waals surface area contributed by atoms with E-state index in [1.165, 1.54) is 11.3 Å². The van der Waals surface area contributed by atoms with Crippen LogP contribution in [-0.4, -0.2) is 18.8 Å². The minimum absolute atomic E-state index is 0.393. The summed E-state index contributed by atoms with van der Waals surface area (Å²) in [5.74, 6) is -0.393. The number of aliphatic imine (C=N–C) groups is 1. The lowest BCUT2D eigenvalue weighted by Crippen LogP contribution is -2.15. The Morgan fingerprint density at radius 2 is 2.58 bits per heavy atom. The number of fused-ring (bicyclic) bond motifs is 1. The van der Waals surface area contributed by atoms with Crippen LogP contribution in [-0.2, 0) is 0 Å². The Labute approximate surface area is 73.1 Å². The Bertz CT molecular complexity index is 356. The van der Waals surface area contributed by atoms with E-state index in [9.17, 15) is 4.79 Å². The molecular weight excluding hydrogens is 174 g/mol. The number of anilines is 1. The summed E-state index contributed by atoms with van der Waals surface area (Å²) in [6.07, 6.45) is 1.75. The van der Waals surface area contributed by atoms with Gasteiger partial charge in [0, 0.05) is 11.6 Å². The number of hydrogen-bond donors (Lipinski definition) is 2. The van der Waals surface area contributed by atoms with Crippen LogP contribution in [0.5, 0.6) is 0 Å². The van der Waals surface area contributed by atoms with Gasteiger partial charge < -0.3 is 11.1 Å². The zero-order valence-electron chi connectivity index (χ0n) is 6.20. The first kappa shape index (κ1) is 7.30. The van der Waals surface area contributed by atoms with Gasteiger partial charge in [-0.1, -0.05) is 0 Å². The van der Waals surface area contributed by atoms with Crippen LogP contribution in [0, 0.1) is 0 Å². The van der Waals surface area contributed by atoms with E-state index >= 15 is 0 Å². The Hall–Kier alpha value is -1.36. The monoisotopic (exact) mass is 181 g/mol. The zero-order chi connectivity index (χ0) is 8.55. The third-order valence-electron chi connectivity index (χ3n) is 1.64. The van der Waals surface area contributed by atoms with E-state index in [1.807, 2.05) is 0 Å². The highest BCUT2D eigenvalue weighted by molar-refractivity contribution is 7.12. The molecule has 0 aromatic carbocycles. The second-order valence-corrected chi connectivity index (χ2v) is 3.31. The molecule has 2 heterocycles. The summed E-state index contributed by atoms with van der Waals surface area (Å²) in [5, 5.41) is 4.75. The highest BCUT2D eigenvalue weighted by Crippen LogP contribution is 2.27. The molecule has 1 aromatic rings. The van der Waals surface area contributed by atoms with E-state index in [0.29, 0.717) is 12.2 Å². The number of rotatable bonds is 1. The van der Waals surface area contributed by atoms with Crippen molar-refractivity contribution in [2.24, 2.45) is 10.7 Å². The van der Waals surface area contributed by atoms with Crippen LogP contribution in [0.3, 0.4) is 0 Å². The van der Waals surface area contributed by atoms with Gasteiger partial charge in [0.2, 0.25) is 0 Å². The summed E-state index contributed by atoms with van der Waals surface area (Å²) in [6, 6.07) is 0. The molecule has 0 atom stereocenters. The Balaban J connectivity index is 2.53. The van der Waals surface area contributed by atoms with Crippen molar-refractivity contribution < 1.29 is 4.79 Å². The Kier molecular flexibility index (Phi) is 1.58. The summed E-state index contributed by atoms with van der Waals surface area (Å²) in [5.41, 5.74) is 6.54. The second-order valence-electron chi connectivity index (χ2n) is 2.40. The van der Waals surface area contributed by atoms with Crippen molar-refractivity contribution in [2.45, 2.75) is 0 Å². The van der Waals surface area contributed by atoms with Crippen LogP contribution >= 0.6 is 11.3 Å². The van der Waals surface area contributed by atoms with Gasteiger partial charge in [0.15, 0.2) is 0 Å². The van der Waals surface area contributed by atoms with Crippen molar-refractivity contribution >= 4 is 29.1 Å². The number of hydrogen-bond acceptors (Lipinski definition) is 4. The lowest BCUT2D eigenvalue weighted by molar-refractivity contribution is 0.100.